The van der Waals surface area contributed by atoms with E-state index in [9.17, 15) is 9.59 Å². The van der Waals surface area contributed by atoms with E-state index in [2.05, 4.69) is 20.3 Å². The van der Waals surface area contributed by atoms with Crippen LogP contribution in [0.5, 0.6) is 0 Å². The number of nitrogens with one attached hydrogen (secondary N) is 2. The monoisotopic (exact) mass is 345 g/mol. The zero-order chi connectivity index (χ0) is 18.1. The fourth-order valence-corrected chi connectivity index (χ4v) is 2.94. The van der Waals surface area contributed by atoms with Crippen molar-refractivity contribution in [3.63, 3.8) is 0 Å². The quantitative estimate of drug-likeness (QED) is 0.564. The minimum atomic E-state index is -0.437. The summed E-state index contributed by atoms with van der Waals surface area (Å²) < 4.78 is 4.58. The van der Waals surface area contributed by atoms with Crippen molar-refractivity contribution in [3.8, 4) is 0 Å². The van der Waals surface area contributed by atoms with Crippen LogP contribution in [0.25, 0.3) is 28.6 Å². The van der Waals surface area contributed by atoms with Gasteiger partial charge >= 0.3 is 5.97 Å². The molecule has 0 spiro atoms. The van der Waals surface area contributed by atoms with Crippen LogP contribution in [0.1, 0.15) is 16.8 Å². The number of esters is 1. The third-order valence-electron chi connectivity index (χ3n) is 4.22. The molecule has 2 N–H and O–H groups in total. The van der Waals surface area contributed by atoms with Crippen molar-refractivity contribution < 1.29 is 14.3 Å². The normalized spacial score (nSPS) is 14.8. The number of anilines is 1. The average molecular weight is 345 g/mol. The predicted octanol–water partition coefficient (Wildman–Crippen LogP) is 3.24. The van der Waals surface area contributed by atoms with Crippen molar-refractivity contribution in [2.24, 2.45) is 0 Å². The van der Waals surface area contributed by atoms with Crippen molar-refractivity contribution in [2.75, 3.05) is 12.4 Å². The van der Waals surface area contributed by atoms with E-state index in [0.29, 0.717) is 11.3 Å². The fraction of sp³-hybridized carbons (Fsp3) is 0.0500. The highest BCUT2D eigenvalue weighted by atomic mass is 16.5. The van der Waals surface area contributed by atoms with Crippen LogP contribution < -0.4 is 5.32 Å². The number of carbonyl (C=O) groups is 2. The van der Waals surface area contributed by atoms with Crippen LogP contribution in [0, 0.1) is 0 Å². The second kappa shape index (κ2) is 6.33. The lowest BCUT2D eigenvalue weighted by Gasteiger charge is -1.99. The Bertz CT molecular complexity index is 1090. The van der Waals surface area contributed by atoms with Gasteiger partial charge in [0, 0.05) is 28.3 Å². The van der Waals surface area contributed by atoms with E-state index in [0.717, 1.165) is 27.7 Å². The molecule has 1 aliphatic rings. The molecule has 0 bridgehead atoms. The van der Waals surface area contributed by atoms with Gasteiger partial charge in [-0.2, -0.15) is 5.10 Å². The lowest BCUT2D eigenvalue weighted by molar-refractivity contribution is -0.134. The van der Waals surface area contributed by atoms with Crippen LogP contribution in [-0.4, -0.2) is 29.2 Å². The number of hydrogen-bond donors (Lipinski definition) is 2. The van der Waals surface area contributed by atoms with Gasteiger partial charge in [-0.15, -0.1) is 0 Å². The Morgan fingerprint density at radius 1 is 1.19 bits per heavy atom. The molecule has 0 saturated carbocycles. The van der Waals surface area contributed by atoms with Crippen LogP contribution in [0.15, 0.2) is 48.5 Å². The zero-order valence-electron chi connectivity index (χ0n) is 13.9. The summed E-state index contributed by atoms with van der Waals surface area (Å²) in [5.74, 6) is -0.550. The maximum absolute atomic E-state index is 12.2. The summed E-state index contributed by atoms with van der Waals surface area (Å²) in [6.45, 7) is 0. The first-order valence-electron chi connectivity index (χ1n) is 8.02. The van der Waals surface area contributed by atoms with Gasteiger partial charge in [0.25, 0.3) is 5.91 Å². The first-order valence-corrected chi connectivity index (χ1v) is 8.02. The largest absolute Gasteiger partial charge is 0.466 e. The number of benzene rings is 2. The Morgan fingerprint density at radius 2 is 2.04 bits per heavy atom. The summed E-state index contributed by atoms with van der Waals surface area (Å²) in [4.78, 5) is 23.5. The number of H-pyrrole nitrogens is 1. The van der Waals surface area contributed by atoms with Gasteiger partial charge in [0.1, 0.15) is 0 Å². The molecule has 3 aromatic rings. The van der Waals surface area contributed by atoms with Crippen molar-refractivity contribution in [2.45, 2.75) is 0 Å². The first kappa shape index (κ1) is 15.8. The highest BCUT2D eigenvalue weighted by Gasteiger charge is 2.23. The van der Waals surface area contributed by atoms with E-state index in [1.165, 1.54) is 13.2 Å². The molecule has 6 nitrogen and oxygen atoms in total. The Labute approximate surface area is 149 Å². The smallest absolute Gasteiger partial charge is 0.330 e. The summed E-state index contributed by atoms with van der Waals surface area (Å²) >= 11 is 0. The number of para-hydroxylation sites is 1. The van der Waals surface area contributed by atoms with Crippen LogP contribution >= 0.6 is 0 Å². The van der Waals surface area contributed by atoms with E-state index in [1.54, 1.807) is 6.08 Å². The molecule has 0 aliphatic carbocycles. The van der Waals surface area contributed by atoms with Crippen LogP contribution in [0.4, 0.5) is 5.69 Å². The van der Waals surface area contributed by atoms with E-state index in [4.69, 9.17) is 0 Å². The lowest BCUT2D eigenvalue weighted by atomic mass is 10.0. The van der Waals surface area contributed by atoms with Gasteiger partial charge in [-0.3, -0.25) is 9.89 Å². The number of nitrogens with zero attached hydrogens (tertiary/aromatic N) is 1. The van der Waals surface area contributed by atoms with Crippen molar-refractivity contribution in [3.05, 3.63) is 65.4 Å². The molecule has 0 radical (unpaired) electrons. The molecular formula is C20H15N3O3. The topological polar surface area (TPSA) is 84.1 Å². The average Bonchev–Trinajstić information content (AvgIpc) is 3.20. The van der Waals surface area contributed by atoms with Gasteiger partial charge in [0.2, 0.25) is 0 Å². The summed E-state index contributed by atoms with van der Waals surface area (Å²) in [6.07, 6.45) is 4.78. The third-order valence-corrected chi connectivity index (χ3v) is 4.22. The molecular weight excluding hydrogens is 330 g/mol. The molecule has 128 valence electrons. The molecule has 1 amide bonds. The minimum Gasteiger partial charge on any atom is -0.466 e. The van der Waals surface area contributed by atoms with E-state index in [-0.39, 0.29) is 5.91 Å². The Kier molecular flexibility index (Phi) is 3.85. The number of amides is 1. The highest BCUT2D eigenvalue weighted by molar-refractivity contribution is 6.34. The molecule has 4 rings (SSSR count). The maximum atomic E-state index is 12.2. The van der Waals surface area contributed by atoms with E-state index in [1.807, 2.05) is 48.5 Å². The zero-order valence-corrected chi connectivity index (χ0v) is 13.9. The Hall–Kier alpha value is -3.67. The standard InChI is InChI=1S/C20H15N3O3/c1-26-19(24)9-8-17-14-7-6-12(11-18(14)23-22-17)10-15-13-4-2-3-5-16(13)21-20(15)25/h2-11H,1H3,(H,21,25)(H,22,23). The molecule has 2 heterocycles. The number of ether oxygens (including phenoxy) is 1. The Balaban J connectivity index is 1.70. The molecule has 6 heteroatoms. The molecule has 1 aromatic heterocycles. The van der Waals surface area contributed by atoms with Crippen molar-refractivity contribution in [1.29, 1.82) is 0 Å². The molecule has 26 heavy (non-hydrogen) atoms. The third kappa shape index (κ3) is 2.77. The van der Waals surface area contributed by atoms with Gasteiger partial charge in [0.05, 0.1) is 18.3 Å². The summed E-state index contributed by atoms with van der Waals surface area (Å²) in [5.41, 5.74) is 4.69. The Morgan fingerprint density at radius 3 is 2.88 bits per heavy atom. The second-order valence-corrected chi connectivity index (χ2v) is 5.83. The number of hydrogen-bond acceptors (Lipinski definition) is 4. The minimum absolute atomic E-state index is 0.113. The van der Waals surface area contributed by atoms with Crippen LogP contribution in [0.2, 0.25) is 0 Å². The van der Waals surface area contributed by atoms with Gasteiger partial charge in [-0.05, 0) is 35.9 Å². The molecule has 1 aliphatic heterocycles. The van der Waals surface area contributed by atoms with Gasteiger partial charge in [-0.25, -0.2) is 4.79 Å². The second-order valence-electron chi connectivity index (χ2n) is 5.83. The van der Waals surface area contributed by atoms with E-state index >= 15 is 0 Å². The molecule has 2 aromatic carbocycles. The van der Waals surface area contributed by atoms with Gasteiger partial charge in [-0.1, -0.05) is 24.3 Å². The molecule has 0 saturated heterocycles. The number of fused-ring (bicyclic) bond motifs is 2. The summed E-state index contributed by atoms with van der Waals surface area (Å²) in [6, 6.07) is 13.3. The van der Waals surface area contributed by atoms with Crippen LogP contribution in [0.3, 0.4) is 0 Å². The fourth-order valence-electron chi connectivity index (χ4n) is 2.94. The van der Waals surface area contributed by atoms with Crippen molar-refractivity contribution in [1.82, 2.24) is 10.2 Å². The molecule has 0 atom stereocenters. The van der Waals surface area contributed by atoms with Crippen molar-refractivity contribution >= 4 is 46.2 Å². The number of rotatable bonds is 3. The number of carbonyl (C=O) groups excluding carboxylic acids is 2. The lowest BCUT2D eigenvalue weighted by Crippen LogP contribution is -2.03. The summed E-state index contributed by atoms with van der Waals surface area (Å²) in [5, 5.41) is 10.9. The van der Waals surface area contributed by atoms with E-state index < -0.39 is 5.97 Å². The number of aromatic nitrogens is 2. The summed E-state index contributed by atoms with van der Waals surface area (Å²) in [7, 11) is 1.33. The maximum Gasteiger partial charge on any atom is 0.330 e. The number of aromatic amines is 1. The van der Waals surface area contributed by atoms with Gasteiger partial charge < -0.3 is 10.1 Å². The highest BCUT2D eigenvalue weighted by Crippen LogP contribution is 2.33. The molecule has 0 fully saturated rings. The number of methoxy groups -OCH3 is 1. The predicted molar refractivity (Wildman–Crippen MR) is 100 cm³/mol. The molecule has 0 unspecified atom stereocenters. The SMILES string of the molecule is COC(=O)C=Cc1n[nH]c2cc(C=C3C(=O)Nc4ccccc43)ccc12. The first-order chi connectivity index (χ1) is 12.7. The van der Waals surface area contributed by atoms with Gasteiger partial charge in [0.15, 0.2) is 0 Å². The van der Waals surface area contributed by atoms with Crippen LogP contribution in [-0.2, 0) is 14.3 Å².